The standard InChI is InChI=1S/C9H15NO2.ClH/c1-6(11)9(12)8(10)5-7-3-2-4-7;/h7-8H,2-5,10H2,1H3;1H. The van der Waals surface area contributed by atoms with Gasteiger partial charge in [-0.25, -0.2) is 0 Å². The number of Topliss-reactive ketones (excluding diaryl/α,β-unsaturated/α-hetero) is 2. The number of carbonyl (C=O) groups is 2. The monoisotopic (exact) mass is 205 g/mol. The van der Waals surface area contributed by atoms with Crippen molar-refractivity contribution in [2.24, 2.45) is 11.7 Å². The Hall–Kier alpha value is -0.410. The number of nitrogens with two attached hydrogens (primary N) is 1. The van der Waals surface area contributed by atoms with E-state index in [9.17, 15) is 9.59 Å². The smallest absolute Gasteiger partial charge is 0.214 e. The molecule has 0 aromatic heterocycles. The highest BCUT2D eigenvalue weighted by Crippen LogP contribution is 2.30. The Morgan fingerprint density at radius 3 is 2.31 bits per heavy atom. The molecule has 1 atom stereocenters. The molecule has 1 saturated carbocycles. The summed E-state index contributed by atoms with van der Waals surface area (Å²) >= 11 is 0. The SMILES string of the molecule is CC(=O)C(=O)C(N)CC1CCC1.Cl. The quantitative estimate of drug-likeness (QED) is 0.699. The minimum absolute atomic E-state index is 0. The predicted octanol–water partition coefficient (Wildman–Crippen LogP) is 1.08. The van der Waals surface area contributed by atoms with Gasteiger partial charge in [-0.05, 0) is 12.3 Å². The van der Waals surface area contributed by atoms with E-state index in [0.29, 0.717) is 12.3 Å². The molecular weight excluding hydrogens is 190 g/mol. The largest absolute Gasteiger partial charge is 0.321 e. The molecule has 1 rings (SSSR count). The van der Waals surface area contributed by atoms with Gasteiger partial charge >= 0.3 is 0 Å². The van der Waals surface area contributed by atoms with E-state index in [2.05, 4.69) is 0 Å². The fourth-order valence-electron chi connectivity index (χ4n) is 1.46. The van der Waals surface area contributed by atoms with Crippen molar-refractivity contribution >= 4 is 24.0 Å². The second-order valence-electron chi connectivity index (χ2n) is 3.56. The molecule has 1 aliphatic carbocycles. The Balaban J connectivity index is 0.00000144. The van der Waals surface area contributed by atoms with Crippen LogP contribution in [0.4, 0.5) is 0 Å². The molecule has 0 spiro atoms. The third kappa shape index (κ3) is 3.44. The lowest BCUT2D eigenvalue weighted by Gasteiger charge is -2.27. The molecule has 0 heterocycles. The van der Waals surface area contributed by atoms with Crippen LogP contribution in [0.5, 0.6) is 0 Å². The molecule has 0 saturated heterocycles. The molecule has 1 fully saturated rings. The fourth-order valence-corrected chi connectivity index (χ4v) is 1.46. The van der Waals surface area contributed by atoms with Crippen LogP contribution in [0.3, 0.4) is 0 Å². The minimum atomic E-state index is -0.548. The number of carbonyl (C=O) groups excluding carboxylic acids is 2. The average molecular weight is 206 g/mol. The Labute approximate surface area is 84.5 Å². The van der Waals surface area contributed by atoms with Crippen molar-refractivity contribution in [2.45, 2.75) is 38.6 Å². The minimum Gasteiger partial charge on any atom is -0.321 e. The van der Waals surface area contributed by atoms with Crippen LogP contribution >= 0.6 is 12.4 Å². The third-order valence-corrected chi connectivity index (χ3v) is 2.50. The average Bonchev–Trinajstić information content (AvgIpc) is 1.94. The van der Waals surface area contributed by atoms with E-state index in [0.717, 1.165) is 0 Å². The molecule has 4 heteroatoms. The molecule has 2 N–H and O–H groups in total. The maximum Gasteiger partial charge on any atom is 0.214 e. The number of halogens is 1. The summed E-state index contributed by atoms with van der Waals surface area (Å²) < 4.78 is 0. The van der Waals surface area contributed by atoms with Crippen LogP contribution in [0.1, 0.15) is 32.6 Å². The summed E-state index contributed by atoms with van der Waals surface area (Å²) in [6.45, 7) is 1.28. The molecule has 76 valence electrons. The summed E-state index contributed by atoms with van der Waals surface area (Å²) in [7, 11) is 0. The molecule has 0 aliphatic heterocycles. The van der Waals surface area contributed by atoms with E-state index < -0.39 is 17.6 Å². The maximum atomic E-state index is 11.0. The Morgan fingerprint density at radius 2 is 2.00 bits per heavy atom. The summed E-state index contributed by atoms with van der Waals surface area (Å²) in [5, 5.41) is 0. The van der Waals surface area contributed by atoms with Gasteiger partial charge in [0.2, 0.25) is 5.78 Å². The molecular formula is C9H16ClNO2. The first-order valence-corrected chi connectivity index (χ1v) is 4.41. The first-order valence-electron chi connectivity index (χ1n) is 4.41. The van der Waals surface area contributed by atoms with Crippen molar-refractivity contribution in [2.75, 3.05) is 0 Å². The van der Waals surface area contributed by atoms with Crippen molar-refractivity contribution in [1.29, 1.82) is 0 Å². The zero-order valence-electron chi connectivity index (χ0n) is 7.79. The number of hydrogen-bond acceptors (Lipinski definition) is 3. The molecule has 0 bridgehead atoms. The van der Waals surface area contributed by atoms with Gasteiger partial charge in [-0.1, -0.05) is 19.3 Å². The maximum absolute atomic E-state index is 11.0. The fraction of sp³-hybridized carbons (Fsp3) is 0.778. The lowest BCUT2D eigenvalue weighted by atomic mass is 9.80. The molecule has 0 aromatic rings. The van der Waals surface area contributed by atoms with Crippen LogP contribution in [0.2, 0.25) is 0 Å². The lowest BCUT2D eigenvalue weighted by molar-refractivity contribution is -0.136. The normalized spacial score (nSPS) is 18.3. The zero-order chi connectivity index (χ0) is 9.14. The number of hydrogen-bond donors (Lipinski definition) is 1. The highest BCUT2D eigenvalue weighted by Gasteiger charge is 2.25. The van der Waals surface area contributed by atoms with Gasteiger partial charge in [0.25, 0.3) is 0 Å². The molecule has 0 aromatic carbocycles. The highest BCUT2D eigenvalue weighted by molar-refractivity contribution is 6.38. The number of ketones is 2. The van der Waals surface area contributed by atoms with Gasteiger partial charge in [0.15, 0.2) is 5.78 Å². The molecule has 0 amide bonds. The molecule has 3 nitrogen and oxygen atoms in total. The van der Waals surface area contributed by atoms with Crippen molar-refractivity contribution < 1.29 is 9.59 Å². The van der Waals surface area contributed by atoms with Gasteiger partial charge in [0.1, 0.15) is 0 Å². The molecule has 0 radical (unpaired) electrons. The van der Waals surface area contributed by atoms with Gasteiger partial charge in [0.05, 0.1) is 6.04 Å². The summed E-state index contributed by atoms with van der Waals surface area (Å²) in [5.41, 5.74) is 5.56. The van der Waals surface area contributed by atoms with Crippen LogP contribution in [0.15, 0.2) is 0 Å². The van der Waals surface area contributed by atoms with E-state index in [-0.39, 0.29) is 12.4 Å². The summed E-state index contributed by atoms with van der Waals surface area (Å²) in [4.78, 5) is 21.7. The second-order valence-corrected chi connectivity index (χ2v) is 3.56. The summed E-state index contributed by atoms with van der Waals surface area (Å²) in [6.07, 6.45) is 4.27. The Morgan fingerprint density at radius 1 is 1.46 bits per heavy atom. The van der Waals surface area contributed by atoms with Gasteiger partial charge in [0, 0.05) is 6.92 Å². The van der Waals surface area contributed by atoms with Crippen molar-refractivity contribution in [3.05, 3.63) is 0 Å². The Kier molecular flexibility index (Phi) is 5.18. The summed E-state index contributed by atoms with van der Waals surface area (Å²) in [6, 6.07) is -0.548. The van der Waals surface area contributed by atoms with Crippen LogP contribution in [0, 0.1) is 5.92 Å². The van der Waals surface area contributed by atoms with Crippen LogP contribution in [0.25, 0.3) is 0 Å². The Bertz CT molecular complexity index is 202. The predicted molar refractivity (Wildman–Crippen MR) is 52.9 cm³/mol. The van der Waals surface area contributed by atoms with Crippen molar-refractivity contribution in [1.82, 2.24) is 0 Å². The van der Waals surface area contributed by atoms with Crippen LogP contribution < -0.4 is 5.73 Å². The van der Waals surface area contributed by atoms with Crippen molar-refractivity contribution in [3.8, 4) is 0 Å². The van der Waals surface area contributed by atoms with Crippen LogP contribution in [-0.2, 0) is 9.59 Å². The first kappa shape index (κ1) is 12.6. The van der Waals surface area contributed by atoms with E-state index in [4.69, 9.17) is 5.73 Å². The molecule has 13 heavy (non-hydrogen) atoms. The second kappa shape index (κ2) is 5.35. The lowest BCUT2D eigenvalue weighted by Crippen LogP contribution is -2.37. The van der Waals surface area contributed by atoms with E-state index in [1.54, 1.807) is 0 Å². The summed E-state index contributed by atoms with van der Waals surface area (Å²) in [5.74, 6) is -0.243. The van der Waals surface area contributed by atoms with Crippen molar-refractivity contribution in [3.63, 3.8) is 0 Å². The molecule has 1 unspecified atom stereocenters. The van der Waals surface area contributed by atoms with E-state index >= 15 is 0 Å². The first-order chi connectivity index (χ1) is 5.61. The number of rotatable bonds is 4. The van der Waals surface area contributed by atoms with Gasteiger partial charge in [-0.2, -0.15) is 0 Å². The van der Waals surface area contributed by atoms with Gasteiger partial charge in [-0.3, -0.25) is 9.59 Å². The van der Waals surface area contributed by atoms with E-state index in [1.165, 1.54) is 26.2 Å². The third-order valence-electron chi connectivity index (χ3n) is 2.50. The highest BCUT2D eigenvalue weighted by atomic mass is 35.5. The van der Waals surface area contributed by atoms with E-state index in [1.807, 2.05) is 0 Å². The van der Waals surface area contributed by atoms with Crippen LogP contribution in [-0.4, -0.2) is 17.6 Å². The topological polar surface area (TPSA) is 60.2 Å². The van der Waals surface area contributed by atoms with Gasteiger partial charge < -0.3 is 5.73 Å². The van der Waals surface area contributed by atoms with Gasteiger partial charge in [-0.15, -0.1) is 12.4 Å². The molecule has 1 aliphatic rings. The zero-order valence-corrected chi connectivity index (χ0v) is 8.60.